The number of nitrogens with one attached hydrogen (secondary N) is 2. The van der Waals surface area contributed by atoms with E-state index in [9.17, 15) is 4.79 Å². The Bertz CT molecular complexity index is 914. The molecule has 0 saturated carbocycles. The number of benzene rings is 1. The summed E-state index contributed by atoms with van der Waals surface area (Å²) < 4.78 is 4.97. The Hall–Kier alpha value is -3.42. The molecule has 0 spiro atoms. The zero-order chi connectivity index (χ0) is 18.6. The summed E-state index contributed by atoms with van der Waals surface area (Å²) in [5.41, 5.74) is 2.30. The van der Waals surface area contributed by atoms with Crippen LogP contribution in [0.4, 0.5) is 23.1 Å². The lowest BCUT2D eigenvalue weighted by atomic mass is 10.2. The molecule has 0 aliphatic carbocycles. The van der Waals surface area contributed by atoms with E-state index in [0.717, 1.165) is 18.8 Å². The summed E-state index contributed by atoms with van der Waals surface area (Å²) in [4.78, 5) is 23.0. The van der Waals surface area contributed by atoms with E-state index >= 15 is 0 Å². The highest BCUT2D eigenvalue weighted by molar-refractivity contribution is 6.04. The van der Waals surface area contributed by atoms with E-state index in [2.05, 4.69) is 30.7 Å². The monoisotopic (exact) mass is 364 g/mol. The minimum atomic E-state index is -0.257. The van der Waals surface area contributed by atoms with E-state index in [-0.39, 0.29) is 5.91 Å². The van der Waals surface area contributed by atoms with Crippen LogP contribution in [-0.2, 0) is 0 Å². The van der Waals surface area contributed by atoms with Crippen LogP contribution in [0.15, 0.2) is 47.2 Å². The van der Waals surface area contributed by atoms with Crippen LogP contribution in [0.1, 0.15) is 29.0 Å². The van der Waals surface area contributed by atoms with Gasteiger partial charge in [0.1, 0.15) is 5.76 Å². The summed E-state index contributed by atoms with van der Waals surface area (Å²) in [6.07, 6.45) is 5.41. The molecule has 0 bridgehead atoms. The highest BCUT2D eigenvalue weighted by atomic mass is 16.5. The molecular formula is C19H20N6O2. The van der Waals surface area contributed by atoms with E-state index in [4.69, 9.17) is 4.52 Å². The smallest absolute Gasteiger partial charge is 0.258 e. The number of hydrogen-bond acceptors (Lipinski definition) is 7. The first-order chi connectivity index (χ1) is 13.2. The van der Waals surface area contributed by atoms with Gasteiger partial charge in [-0.2, -0.15) is 0 Å². The maximum absolute atomic E-state index is 12.4. The molecule has 3 aromatic rings. The molecule has 1 amide bonds. The fraction of sp³-hybridized carbons (Fsp3) is 0.263. The first kappa shape index (κ1) is 17.0. The second kappa shape index (κ2) is 7.45. The molecule has 4 rings (SSSR count). The molecule has 1 aliphatic heterocycles. The van der Waals surface area contributed by atoms with Crippen molar-refractivity contribution in [3.05, 3.63) is 54.0 Å². The highest BCUT2D eigenvalue weighted by Gasteiger charge is 2.13. The van der Waals surface area contributed by atoms with Crippen molar-refractivity contribution in [2.45, 2.75) is 19.8 Å². The maximum Gasteiger partial charge on any atom is 0.258 e. The van der Waals surface area contributed by atoms with Crippen LogP contribution in [0, 0.1) is 6.92 Å². The van der Waals surface area contributed by atoms with Gasteiger partial charge in [-0.1, -0.05) is 5.16 Å². The lowest BCUT2D eigenvalue weighted by molar-refractivity contribution is 0.102. The number of carbonyl (C=O) groups is 1. The number of nitrogens with zero attached hydrogens (tertiary/aromatic N) is 4. The summed E-state index contributed by atoms with van der Waals surface area (Å²) in [5, 5.41) is 9.58. The zero-order valence-electron chi connectivity index (χ0n) is 15.0. The molecule has 138 valence electrons. The van der Waals surface area contributed by atoms with Crippen molar-refractivity contribution in [1.29, 1.82) is 0 Å². The summed E-state index contributed by atoms with van der Waals surface area (Å²) in [7, 11) is 0. The fourth-order valence-electron chi connectivity index (χ4n) is 2.98. The summed E-state index contributed by atoms with van der Waals surface area (Å²) in [5.74, 6) is 1.29. The van der Waals surface area contributed by atoms with Crippen LogP contribution >= 0.6 is 0 Å². The third-order valence-corrected chi connectivity index (χ3v) is 4.38. The summed E-state index contributed by atoms with van der Waals surface area (Å²) in [6, 6.07) is 9.62. The molecule has 1 saturated heterocycles. The largest absolute Gasteiger partial charge is 0.372 e. The zero-order valence-corrected chi connectivity index (χ0v) is 15.0. The lowest BCUT2D eigenvalue weighted by Gasteiger charge is -2.17. The van der Waals surface area contributed by atoms with Crippen molar-refractivity contribution in [3.8, 4) is 0 Å². The van der Waals surface area contributed by atoms with Crippen LogP contribution in [0.3, 0.4) is 0 Å². The van der Waals surface area contributed by atoms with Gasteiger partial charge >= 0.3 is 0 Å². The summed E-state index contributed by atoms with van der Waals surface area (Å²) in [6.45, 7) is 3.98. The molecule has 1 aromatic carbocycles. The van der Waals surface area contributed by atoms with Gasteiger partial charge in [-0.25, -0.2) is 9.97 Å². The lowest BCUT2D eigenvalue weighted by Crippen LogP contribution is -2.17. The first-order valence-electron chi connectivity index (χ1n) is 8.86. The van der Waals surface area contributed by atoms with Gasteiger partial charge in [0, 0.05) is 42.9 Å². The number of aryl methyl sites for hydroxylation is 1. The molecule has 2 aromatic heterocycles. The number of amides is 1. The SMILES string of the molecule is Cc1cc(Nc2ncc(C(=O)Nc3ccc(N4CCCC4)cc3)cn2)no1. The summed E-state index contributed by atoms with van der Waals surface area (Å²) >= 11 is 0. The van der Waals surface area contributed by atoms with Gasteiger partial charge in [-0.05, 0) is 44.0 Å². The van der Waals surface area contributed by atoms with Crippen LogP contribution in [-0.4, -0.2) is 34.1 Å². The highest BCUT2D eigenvalue weighted by Crippen LogP contribution is 2.22. The Morgan fingerprint density at radius 2 is 1.81 bits per heavy atom. The van der Waals surface area contributed by atoms with Gasteiger partial charge in [-0.3, -0.25) is 4.79 Å². The van der Waals surface area contributed by atoms with Crippen molar-refractivity contribution in [2.24, 2.45) is 0 Å². The number of anilines is 4. The Kier molecular flexibility index (Phi) is 4.69. The molecule has 1 aliphatic rings. The number of aromatic nitrogens is 3. The fourth-order valence-corrected chi connectivity index (χ4v) is 2.98. The van der Waals surface area contributed by atoms with Crippen molar-refractivity contribution in [2.75, 3.05) is 28.6 Å². The maximum atomic E-state index is 12.4. The van der Waals surface area contributed by atoms with Crippen molar-refractivity contribution in [1.82, 2.24) is 15.1 Å². The van der Waals surface area contributed by atoms with Gasteiger partial charge in [0.05, 0.1) is 5.56 Å². The van der Waals surface area contributed by atoms with Gasteiger partial charge in [0.15, 0.2) is 5.82 Å². The Morgan fingerprint density at radius 3 is 2.44 bits per heavy atom. The second-order valence-corrected chi connectivity index (χ2v) is 6.44. The predicted octanol–water partition coefficient (Wildman–Crippen LogP) is 3.37. The molecular weight excluding hydrogens is 344 g/mol. The molecule has 0 radical (unpaired) electrons. The van der Waals surface area contributed by atoms with Gasteiger partial charge in [0.2, 0.25) is 5.95 Å². The quantitative estimate of drug-likeness (QED) is 0.716. The average Bonchev–Trinajstić information content (AvgIpc) is 3.35. The average molecular weight is 364 g/mol. The number of rotatable bonds is 5. The molecule has 3 heterocycles. The van der Waals surface area contributed by atoms with Crippen molar-refractivity contribution in [3.63, 3.8) is 0 Å². The van der Waals surface area contributed by atoms with Crippen LogP contribution in [0.25, 0.3) is 0 Å². The third-order valence-electron chi connectivity index (χ3n) is 4.38. The van der Waals surface area contributed by atoms with Crippen LogP contribution in [0.2, 0.25) is 0 Å². The van der Waals surface area contributed by atoms with Crippen molar-refractivity contribution >= 4 is 29.0 Å². The van der Waals surface area contributed by atoms with Crippen molar-refractivity contribution < 1.29 is 9.32 Å². The molecule has 0 unspecified atom stereocenters. The van der Waals surface area contributed by atoms with Gasteiger partial charge < -0.3 is 20.1 Å². The minimum absolute atomic E-state index is 0.257. The topological polar surface area (TPSA) is 96.2 Å². The standard InChI is InChI=1S/C19H20N6O2/c1-13-10-17(24-27-13)23-19-20-11-14(12-21-19)18(26)22-15-4-6-16(7-5-15)25-8-2-3-9-25/h4-7,10-12H,2-3,8-9H2,1H3,(H,22,26)(H,20,21,23,24). The van der Waals surface area contributed by atoms with E-state index < -0.39 is 0 Å². The molecule has 0 atom stereocenters. The van der Waals surface area contributed by atoms with E-state index in [1.54, 1.807) is 13.0 Å². The molecule has 8 heteroatoms. The normalized spacial score (nSPS) is 13.6. The van der Waals surface area contributed by atoms with E-state index in [1.165, 1.54) is 30.9 Å². The van der Waals surface area contributed by atoms with E-state index in [0.29, 0.717) is 23.1 Å². The third kappa shape index (κ3) is 4.05. The minimum Gasteiger partial charge on any atom is -0.372 e. The Morgan fingerprint density at radius 1 is 1.11 bits per heavy atom. The van der Waals surface area contributed by atoms with Gasteiger partial charge in [0.25, 0.3) is 5.91 Å². The molecule has 2 N–H and O–H groups in total. The molecule has 8 nitrogen and oxygen atoms in total. The molecule has 1 fully saturated rings. The molecule has 27 heavy (non-hydrogen) atoms. The second-order valence-electron chi connectivity index (χ2n) is 6.44. The van der Waals surface area contributed by atoms with Gasteiger partial charge in [-0.15, -0.1) is 0 Å². The van der Waals surface area contributed by atoms with Crippen LogP contribution in [0.5, 0.6) is 0 Å². The Balaban J connectivity index is 1.37. The predicted molar refractivity (Wildman–Crippen MR) is 102 cm³/mol. The number of hydrogen-bond donors (Lipinski definition) is 2. The Labute approximate surface area is 156 Å². The number of carbonyl (C=O) groups excluding carboxylic acids is 1. The first-order valence-corrected chi connectivity index (χ1v) is 8.86. The van der Waals surface area contributed by atoms with E-state index in [1.807, 2.05) is 24.3 Å². The van der Waals surface area contributed by atoms with Crippen LogP contribution < -0.4 is 15.5 Å².